The summed E-state index contributed by atoms with van der Waals surface area (Å²) in [7, 11) is 0. The van der Waals surface area contributed by atoms with Crippen molar-refractivity contribution in [1.82, 2.24) is 0 Å². The first-order valence-corrected chi connectivity index (χ1v) is 9.50. The summed E-state index contributed by atoms with van der Waals surface area (Å²) >= 11 is 0. The highest BCUT2D eigenvalue weighted by Gasteiger charge is 2.47. The summed E-state index contributed by atoms with van der Waals surface area (Å²) in [4.78, 5) is 12.5. The molecule has 1 heterocycles. The minimum absolute atomic E-state index is 0.205. The number of carbonyl (C=O) groups excluding carboxylic acids is 1. The van der Waals surface area contributed by atoms with Crippen LogP contribution in [-0.4, -0.2) is 24.8 Å². The Kier molecular flexibility index (Phi) is 4.39. The molecule has 1 saturated carbocycles. The molecule has 26 heavy (non-hydrogen) atoms. The lowest BCUT2D eigenvalue weighted by molar-refractivity contribution is -0.144. The summed E-state index contributed by atoms with van der Waals surface area (Å²) in [5.74, 6) is 1.80. The summed E-state index contributed by atoms with van der Waals surface area (Å²) in [6, 6.07) is 11.7. The van der Waals surface area contributed by atoms with Gasteiger partial charge in [-0.1, -0.05) is 31.2 Å². The van der Waals surface area contributed by atoms with Gasteiger partial charge >= 0.3 is 5.97 Å². The van der Waals surface area contributed by atoms with E-state index in [2.05, 4.69) is 0 Å². The molecule has 2 unspecified atom stereocenters. The van der Waals surface area contributed by atoms with E-state index in [1.807, 2.05) is 57.2 Å². The molecule has 0 spiro atoms. The highest BCUT2D eigenvalue weighted by Crippen LogP contribution is 2.42. The molecule has 1 aliphatic carbocycles. The summed E-state index contributed by atoms with van der Waals surface area (Å²) in [6.07, 6.45) is 3.89. The summed E-state index contributed by atoms with van der Waals surface area (Å²) in [5.41, 5.74) is -0.498. The molecule has 2 fully saturated rings. The van der Waals surface area contributed by atoms with Gasteiger partial charge in [0.25, 0.3) is 0 Å². The van der Waals surface area contributed by atoms with Gasteiger partial charge in [-0.3, -0.25) is 4.79 Å². The average molecular weight is 354 g/mol. The molecule has 4 rings (SSSR count). The standard InChI is InChI=1S/C22H26O4/c1-4-22(2,3)21(23)26-18-10-6-7-15-16(18)8-5-9-17(15)24-13-14-11-19-20(12-14)25-19/h5-10,14,19-20H,4,11-13H2,1-3H3. The fourth-order valence-corrected chi connectivity index (χ4v) is 3.54. The van der Waals surface area contributed by atoms with Crippen LogP contribution < -0.4 is 9.47 Å². The molecular formula is C22H26O4. The van der Waals surface area contributed by atoms with Crippen molar-refractivity contribution in [3.8, 4) is 11.5 Å². The first-order chi connectivity index (χ1) is 12.5. The topological polar surface area (TPSA) is 48.1 Å². The number of ether oxygens (including phenoxy) is 3. The van der Waals surface area contributed by atoms with E-state index in [9.17, 15) is 4.79 Å². The Morgan fingerprint density at radius 2 is 1.69 bits per heavy atom. The van der Waals surface area contributed by atoms with Gasteiger partial charge in [0.1, 0.15) is 11.5 Å². The Morgan fingerprint density at radius 1 is 1.08 bits per heavy atom. The molecule has 0 aromatic heterocycles. The minimum Gasteiger partial charge on any atom is -0.493 e. The normalized spacial score (nSPS) is 24.3. The maximum atomic E-state index is 12.5. The fourth-order valence-electron chi connectivity index (χ4n) is 3.54. The van der Waals surface area contributed by atoms with Gasteiger partial charge in [0.15, 0.2) is 0 Å². The van der Waals surface area contributed by atoms with Crippen molar-refractivity contribution < 1.29 is 19.0 Å². The predicted molar refractivity (Wildman–Crippen MR) is 101 cm³/mol. The molecule has 138 valence electrons. The average Bonchev–Trinajstić information content (AvgIpc) is 3.26. The smallest absolute Gasteiger partial charge is 0.316 e. The molecule has 2 aromatic rings. The molecule has 4 heteroatoms. The number of esters is 1. The van der Waals surface area contributed by atoms with E-state index in [4.69, 9.17) is 14.2 Å². The van der Waals surface area contributed by atoms with Crippen LogP contribution in [0.4, 0.5) is 0 Å². The third-order valence-corrected chi connectivity index (χ3v) is 5.77. The van der Waals surface area contributed by atoms with Crippen molar-refractivity contribution in [2.75, 3.05) is 6.61 Å². The van der Waals surface area contributed by atoms with Gasteiger partial charge in [0.2, 0.25) is 0 Å². The zero-order chi connectivity index (χ0) is 18.3. The maximum Gasteiger partial charge on any atom is 0.316 e. The van der Waals surface area contributed by atoms with Crippen molar-refractivity contribution in [3.63, 3.8) is 0 Å². The van der Waals surface area contributed by atoms with E-state index in [-0.39, 0.29) is 5.97 Å². The van der Waals surface area contributed by atoms with Gasteiger partial charge in [-0.25, -0.2) is 0 Å². The lowest BCUT2D eigenvalue weighted by Gasteiger charge is -2.21. The van der Waals surface area contributed by atoms with E-state index in [0.717, 1.165) is 35.8 Å². The molecular weight excluding hydrogens is 328 g/mol. The third kappa shape index (κ3) is 3.30. The molecule has 2 atom stereocenters. The highest BCUT2D eigenvalue weighted by molar-refractivity contribution is 5.95. The summed E-state index contributed by atoms with van der Waals surface area (Å²) in [6.45, 7) is 6.52. The molecule has 4 nitrogen and oxygen atoms in total. The van der Waals surface area contributed by atoms with Crippen LogP contribution in [0.15, 0.2) is 36.4 Å². The number of hydrogen-bond donors (Lipinski definition) is 0. The number of carbonyl (C=O) groups is 1. The molecule has 1 aliphatic heterocycles. The number of benzene rings is 2. The van der Waals surface area contributed by atoms with Crippen molar-refractivity contribution >= 4 is 16.7 Å². The van der Waals surface area contributed by atoms with Gasteiger partial charge in [0, 0.05) is 10.8 Å². The largest absolute Gasteiger partial charge is 0.493 e. The second kappa shape index (κ2) is 6.58. The molecule has 0 amide bonds. The van der Waals surface area contributed by atoms with Crippen LogP contribution in [0, 0.1) is 11.3 Å². The van der Waals surface area contributed by atoms with E-state index in [1.165, 1.54) is 0 Å². The van der Waals surface area contributed by atoms with Crippen molar-refractivity contribution in [2.24, 2.45) is 11.3 Å². The number of hydrogen-bond acceptors (Lipinski definition) is 4. The SMILES string of the molecule is CCC(C)(C)C(=O)Oc1cccc2c(OCC3CC4OC4C3)cccc12. The minimum atomic E-state index is -0.498. The number of rotatable bonds is 6. The van der Waals surface area contributed by atoms with Crippen LogP contribution in [0.1, 0.15) is 40.0 Å². The Labute approximate surface area is 154 Å². The van der Waals surface area contributed by atoms with Crippen LogP contribution >= 0.6 is 0 Å². The second-order valence-corrected chi connectivity index (χ2v) is 8.10. The quantitative estimate of drug-likeness (QED) is 0.427. The van der Waals surface area contributed by atoms with Gasteiger partial charge < -0.3 is 14.2 Å². The van der Waals surface area contributed by atoms with Crippen molar-refractivity contribution in [3.05, 3.63) is 36.4 Å². The Morgan fingerprint density at radius 3 is 2.35 bits per heavy atom. The lowest BCUT2D eigenvalue weighted by Crippen LogP contribution is -2.28. The van der Waals surface area contributed by atoms with Crippen LogP contribution in [0.25, 0.3) is 10.8 Å². The summed E-state index contributed by atoms with van der Waals surface area (Å²) < 4.78 is 17.3. The first-order valence-electron chi connectivity index (χ1n) is 9.50. The Hall–Kier alpha value is -2.07. The van der Waals surface area contributed by atoms with Gasteiger partial charge in [-0.05, 0) is 51.2 Å². The zero-order valence-corrected chi connectivity index (χ0v) is 15.7. The van der Waals surface area contributed by atoms with Gasteiger partial charge in [-0.15, -0.1) is 0 Å². The van der Waals surface area contributed by atoms with Gasteiger partial charge in [-0.2, -0.15) is 0 Å². The van der Waals surface area contributed by atoms with E-state index < -0.39 is 5.41 Å². The van der Waals surface area contributed by atoms with Crippen LogP contribution in [0.3, 0.4) is 0 Å². The molecule has 0 radical (unpaired) electrons. The van der Waals surface area contributed by atoms with Crippen molar-refractivity contribution in [2.45, 2.75) is 52.2 Å². The Bertz CT molecular complexity index is 816. The predicted octanol–water partition coefficient (Wildman–Crippen LogP) is 4.74. The van der Waals surface area contributed by atoms with Crippen LogP contribution in [0.2, 0.25) is 0 Å². The Balaban J connectivity index is 1.53. The van der Waals surface area contributed by atoms with Crippen LogP contribution in [-0.2, 0) is 9.53 Å². The van der Waals surface area contributed by atoms with E-state index >= 15 is 0 Å². The first kappa shape index (κ1) is 17.3. The van der Waals surface area contributed by atoms with Crippen LogP contribution in [0.5, 0.6) is 11.5 Å². The second-order valence-electron chi connectivity index (χ2n) is 8.10. The van der Waals surface area contributed by atoms with E-state index in [0.29, 0.717) is 30.5 Å². The van der Waals surface area contributed by atoms with Crippen molar-refractivity contribution in [1.29, 1.82) is 0 Å². The summed E-state index contributed by atoms with van der Waals surface area (Å²) in [5, 5.41) is 1.88. The molecule has 2 aromatic carbocycles. The maximum absolute atomic E-state index is 12.5. The lowest BCUT2D eigenvalue weighted by atomic mass is 9.90. The number of epoxide rings is 1. The molecule has 2 aliphatic rings. The van der Waals surface area contributed by atoms with E-state index in [1.54, 1.807) is 0 Å². The third-order valence-electron chi connectivity index (χ3n) is 5.77. The molecule has 0 N–H and O–H groups in total. The van der Waals surface area contributed by atoms with Gasteiger partial charge in [0.05, 0.1) is 24.2 Å². The fraction of sp³-hybridized carbons (Fsp3) is 0.500. The monoisotopic (exact) mass is 354 g/mol. The zero-order valence-electron chi connectivity index (χ0n) is 15.7. The number of fused-ring (bicyclic) bond motifs is 2. The molecule has 1 saturated heterocycles. The highest BCUT2D eigenvalue weighted by atomic mass is 16.6. The molecule has 0 bridgehead atoms.